The van der Waals surface area contributed by atoms with Gasteiger partial charge in [0.05, 0.1) is 18.2 Å². The van der Waals surface area contributed by atoms with Crippen molar-refractivity contribution in [3.8, 4) is 11.3 Å². The van der Waals surface area contributed by atoms with Crippen molar-refractivity contribution < 1.29 is 19.4 Å². The number of ether oxygens (including phenoxy) is 1. The summed E-state index contributed by atoms with van der Waals surface area (Å²) in [6.07, 6.45) is 7.48. The standard InChI is InChI=1S/C22H25ClFN7O3/c1-12-2-4-13(5-3-12)9-31-17-16(14-6-15(23)8-26-7-14)27-20(18(25)30-34-32)28-19(17)29-21(31)22(24)10-33-11-22/h6-8,12-13,32H,2-5,9-11H2,1H3,(H2,25,30). The number of hydrogen-bond donors (Lipinski definition) is 2. The van der Waals surface area contributed by atoms with Gasteiger partial charge in [0.1, 0.15) is 11.2 Å². The lowest BCUT2D eigenvalue weighted by Crippen LogP contribution is -2.45. The second-order valence-electron chi connectivity index (χ2n) is 9.15. The number of hydrogen-bond acceptors (Lipinski definition) is 8. The molecule has 0 unspecified atom stereocenters. The van der Waals surface area contributed by atoms with Crippen LogP contribution in [0.2, 0.25) is 5.02 Å². The Morgan fingerprint density at radius 1 is 1.29 bits per heavy atom. The summed E-state index contributed by atoms with van der Waals surface area (Å²) < 4.78 is 22.8. The predicted octanol–water partition coefficient (Wildman–Crippen LogP) is 3.67. The van der Waals surface area contributed by atoms with E-state index in [2.05, 4.69) is 37.0 Å². The summed E-state index contributed by atoms with van der Waals surface area (Å²) in [5, 5.41) is 12.4. The third-order valence-corrected chi connectivity index (χ3v) is 6.79. The molecule has 1 aliphatic carbocycles. The van der Waals surface area contributed by atoms with Crippen molar-refractivity contribution in [1.82, 2.24) is 24.5 Å². The summed E-state index contributed by atoms with van der Waals surface area (Å²) in [6.45, 7) is 2.69. The number of halogens is 2. The lowest BCUT2D eigenvalue weighted by Gasteiger charge is -2.34. The van der Waals surface area contributed by atoms with Gasteiger partial charge in [0.15, 0.2) is 11.5 Å². The topological polar surface area (TPSA) is 134 Å². The van der Waals surface area contributed by atoms with Gasteiger partial charge in [0.2, 0.25) is 17.3 Å². The molecule has 180 valence electrons. The molecule has 0 radical (unpaired) electrons. The SMILES string of the molecule is CC1CCC(Cn2c(C3(F)COC3)nc3nc(C(N)=NOO)nc(-c4cncc(Cl)c4)c32)CC1. The number of amidine groups is 1. The largest absolute Gasteiger partial charge is 0.378 e. The number of rotatable bonds is 6. The maximum absolute atomic E-state index is 15.7. The predicted molar refractivity (Wildman–Crippen MR) is 123 cm³/mol. The molecule has 0 bridgehead atoms. The molecule has 3 N–H and O–H groups in total. The van der Waals surface area contributed by atoms with E-state index in [9.17, 15) is 0 Å². The summed E-state index contributed by atoms with van der Waals surface area (Å²) in [5.74, 6) is 1.02. The number of nitrogens with two attached hydrogens (primary N) is 1. The zero-order valence-electron chi connectivity index (χ0n) is 18.6. The fourth-order valence-electron chi connectivity index (χ4n) is 4.68. The van der Waals surface area contributed by atoms with Crippen LogP contribution < -0.4 is 5.73 Å². The van der Waals surface area contributed by atoms with Crippen LogP contribution in [-0.4, -0.2) is 48.8 Å². The van der Waals surface area contributed by atoms with Gasteiger partial charge in [-0.25, -0.2) is 24.3 Å². The van der Waals surface area contributed by atoms with E-state index in [1.807, 2.05) is 4.57 Å². The van der Waals surface area contributed by atoms with Crippen LogP contribution in [0.1, 0.15) is 44.3 Å². The molecular weight excluding hydrogens is 465 g/mol. The average molecular weight is 490 g/mol. The van der Waals surface area contributed by atoms with E-state index in [1.165, 1.54) is 6.20 Å². The maximum atomic E-state index is 15.7. The highest BCUT2D eigenvalue weighted by atomic mass is 35.5. The first kappa shape index (κ1) is 22.9. The maximum Gasteiger partial charge on any atom is 0.214 e. The third kappa shape index (κ3) is 4.19. The molecule has 0 spiro atoms. The Morgan fingerprint density at radius 3 is 2.71 bits per heavy atom. The number of oxime groups is 1. The molecule has 4 heterocycles. The van der Waals surface area contributed by atoms with Gasteiger partial charge < -0.3 is 15.0 Å². The van der Waals surface area contributed by atoms with Crippen LogP contribution in [0.4, 0.5) is 4.39 Å². The smallest absolute Gasteiger partial charge is 0.214 e. The zero-order chi connectivity index (χ0) is 23.9. The Balaban J connectivity index is 1.73. The van der Waals surface area contributed by atoms with Crippen molar-refractivity contribution in [2.75, 3.05) is 13.2 Å². The van der Waals surface area contributed by atoms with Crippen LogP contribution >= 0.6 is 11.6 Å². The van der Waals surface area contributed by atoms with Crippen molar-refractivity contribution in [3.63, 3.8) is 0 Å². The van der Waals surface area contributed by atoms with Gasteiger partial charge in [-0.15, -0.1) is 0 Å². The molecule has 10 nitrogen and oxygen atoms in total. The first-order valence-corrected chi connectivity index (χ1v) is 11.6. The van der Waals surface area contributed by atoms with Crippen LogP contribution in [0.3, 0.4) is 0 Å². The molecule has 0 amide bonds. The number of imidazole rings is 1. The first-order valence-electron chi connectivity index (χ1n) is 11.2. The number of fused-ring (bicyclic) bond motifs is 1. The van der Waals surface area contributed by atoms with Gasteiger partial charge in [-0.1, -0.05) is 31.4 Å². The normalized spacial score (nSPS) is 22.5. The van der Waals surface area contributed by atoms with Crippen molar-refractivity contribution >= 4 is 28.6 Å². The Morgan fingerprint density at radius 2 is 2.06 bits per heavy atom. The van der Waals surface area contributed by atoms with Crippen LogP contribution in [0.25, 0.3) is 22.4 Å². The summed E-state index contributed by atoms with van der Waals surface area (Å²) in [5.41, 5.74) is 5.97. The van der Waals surface area contributed by atoms with E-state index in [1.54, 1.807) is 12.3 Å². The molecule has 0 aromatic carbocycles. The van der Waals surface area contributed by atoms with Crippen molar-refractivity contribution in [1.29, 1.82) is 0 Å². The minimum absolute atomic E-state index is 0.0306. The van der Waals surface area contributed by atoms with Gasteiger partial charge in [-0.3, -0.25) is 4.98 Å². The van der Waals surface area contributed by atoms with Gasteiger partial charge in [-0.05, 0) is 35.9 Å². The van der Waals surface area contributed by atoms with E-state index in [0.29, 0.717) is 40.2 Å². The molecule has 3 aromatic heterocycles. The molecule has 5 rings (SSSR count). The molecule has 1 saturated heterocycles. The minimum atomic E-state index is -1.72. The molecule has 34 heavy (non-hydrogen) atoms. The number of aromatic nitrogens is 5. The second kappa shape index (κ2) is 9.05. The lowest BCUT2D eigenvalue weighted by atomic mass is 9.83. The zero-order valence-corrected chi connectivity index (χ0v) is 19.4. The van der Waals surface area contributed by atoms with E-state index < -0.39 is 5.67 Å². The van der Waals surface area contributed by atoms with Crippen molar-refractivity contribution in [2.45, 2.75) is 44.8 Å². The highest BCUT2D eigenvalue weighted by molar-refractivity contribution is 6.30. The summed E-state index contributed by atoms with van der Waals surface area (Å²) >= 11 is 6.21. The highest BCUT2D eigenvalue weighted by Crippen LogP contribution is 2.39. The second-order valence-corrected chi connectivity index (χ2v) is 9.58. The number of pyridine rings is 1. The van der Waals surface area contributed by atoms with E-state index >= 15 is 4.39 Å². The Bertz CT molecular complexity index is 1240. The van der Waals surface area contributed by atoms with Gasteiger partial charge in [-0.2, -0.15) is 5.26 Å². The molecule has 1 saturated carbocycles. The summed E-state index contributed by atoms with van der Waals surface area (Å²) in [7, 11) is 0. The summed E-state index contributed by atoms with van der Waals surface area (Å²) in [6, 6.07) is 1.70. The third-order valence-electron chi connectivity index (χ3n) is 6.59. The van der Waals surface area contributed by atoms with Crippen molar-refractivity contribution in [2.24, 2.45) is 22.7 Å². The molecule has 1 aliphatic heterocycles. The fraction of sp³-hybridized carbons (Fsp3) is 0.500. The van der Waals surface area contributed by atoms with E-state index in [-0.39, 0.29) is 36.3 Å². The molecule has 2 fully saturated rings. The average Bonchev–Trinajstić information content (AvgIpc) is 3.17. The fourth-order valence-corrected chi connectivity index (χ4v) is 4.85. The van der Waals surface area contributed by atoms with E-state index in [4.69, 9.17) is 27.3 Å². The van der Waals surface area contributed by atoms with Crippen LogP contribution in [-0.2, 0) is 21.9 Å². The monoisotopic (exact) mass is 489 g/mol. The van der Waals surface area contributed by atoms with Crippen molar-refractivity contribution in [3.05, 3.63) is 35.1 Å². The minimum Gasteiger partial charge on any atom is -0.378 e. The quantitative estimate of drug-likeness (QED) is 0.232. The van der Waals surface area contributed by atoms with Crippen LogP contribution in [0.15, 0.2) is 23.6 Å². The lowest BCUT2D eigenvalue weighted by molar-refractivity contribution is -0.243. The number of nitrogens with zero attached hydrogens (tertiary/aromatic N) is 6. The Hall–Kier alpha value is -2.89. The highest BCUT2D eigenvalue weighted by Gasteiger charge is 2.46. The molecular formula is C22H25ClFN7O3. The van der Waals surface area contributed by atoms with E-state index in [0.717, 1.165) is 25.7 Å². The summed E-state index contributed by atoms with van der Waals surface area (Å²) in [4.78, 5) is 21.5. The van der Waals surface area contributed by atoms with Gasteiger partial charge >= 0.3 is 0 Å². The van der Waals surface area contributed by atoms with Crippen LogP contribution in [0.5, 0.6) is 0 Å². The molecule has 3 aromatic rings. The molecule has 2 aliphatic rings. The number of alkyl halides is 1. The van der Waals surface area contributed by atoms with Crippen LogP contribution in [0, 0.1) is 11.8 Å². The molecule has 0 atom stereocenters. The Kier molecular flexibility index (Phi) is 6.09. The van der Waals surface area contributed by atoms with Gasteiger partial charge in [0, 0.05) is 24.5 Å². The first-order chi connectivity index (χ1) is 16.4. The van der Waals surface area contributed by atoms with Gasteiger partial charge in [0.25, 0.3) is 0 Å². The molecule has 12 heteroatoms. The Labute approximate surface area is 199 Å².